The highest BCUT2D eigenvalue weighted by Gasteiger charge is 2.26. The van der Waals surface area contributed by atoms with Gasteiger partial charge in [0.05, 0.1) is 22.8 Å². The van der Waals surface area contributed by atoms with E-state index in [1.54, 1.807) is 23.1 Å². The summed E-state index contributed by atoms with van der Waals surface area (Å²) in [7, 11) is 0. The molecule has 144 valence electrons. The van der Waals surface area contributed by atoms with Crippen molar-refractivity contribution in [3.63, 3.8) is 0 Å². The van der Waals surface area contributed by atoms with Crippen LogP contribution in [-0.4, -0.2) is 33.7 Å². The number of ether oxygens (including phenoxy) is 1. The fourth-order valence-corrected chi connectivity index (χ4v) is 3.66. The fraction of sp³-hybridized carbons (Fsp3) is 0.200. The Morgan fingerprint density at radius 1 is 1.14 bits per heavy atom. The first-order valence-corrected chi connectivity index (χ1v) is 9.52. The third kappa shape index (κ3) is 3.66. The van der Waals surface area contributed by atoms with Gasteiger partial charge in [-0.05, 0) is 30.3 Å². The molecule has 6 nitrogen and oxygen atoms in total. The van der Waals surface area contributed by atoms with Crippen LogP contribution in [-0.2, 0) is 17.8 Å². The van der Waals surface area contributed by atoms with Crippen LogP contribution < -0.4 is 10.3 Å². The Morgan fingerprint density at radius 2 is 1.93 bits per heavy atom. The highest BCUT2D eigenvalue weighted by atomic mass is 35.5. The number of hydrogen-bond donors (Lipinski definition) is 1. The van der Waals surface area contributed by atoms with E-state index in [1.807, 2.05) is 30.3 Å². The van der Waals surface area contributed by atoms with Gasteiger partial charge in [0.25, 0.3) is 11.5 Å². The van der Waals surface area contributed by atoms with Crippen LogP contribution in [0.1, 0.15) is 11.3 Å². The lowest BCUT2D eigenvalue weighted by molar-refractivity contribution is -0.134. The number of nitrogens with one attached hydrogen (secondary N) is 1. The molecule has 1 N–H and O–H groups in total. The number of benzene rings is 2. The molecule has 2 aromatic carbocycles. The van der Waals surface area contributed by atoms with Crippen LogP contribution in [0.5, 0.6) is 5.75 Å². The van der Waals surface area contributed by atoms with Crippen molar-refractivity contribution in [1.29, 1.82) is 0 Å². The molecule has 0 radical (unpaired) electrons. The van der Waals surface area contributed by atoms with Gasteiger partial charge in [0.2, 0.25) is 0 Å². The van der Waals surface area contributed by atoms with E-state index in [9.17, 15) is 9.59 Å². The molecule has 0 saturated carbocycles. The first kappa shape index (κ1) is 18.7. The zero-order chi connectivity index (χ0) is 19.7. The Bertz CT molecular complexity index is 1080. The smallest absolute Gasteiger partial charge is 0.276 e. The Labute approximate surface area is 171 Å². The maximum absolute atomic E-state index is 12.8. The van der Waals surface area contributed by atoms with E-state index in [0.717, 1.165) is 11.4 Å². The number of carbonyl (C=O) groups is 1. The zero-order valence-corrected chi connectivity index (χ0v) is 16.3. The number of H-pyrrole nitrogens is 1. The number of para-hydroxylation sites is 1. The summed E-state index contributed by atoms with van der Waals surface area (Å²) in [6.45, 7) is 0.604. The normalized spacial score (nSPS) is 13.3. The molecule has 1 amide bonds. The standard InChI is InChI=1S/C20H17Cl2N3O3/c21-13-6-7-18(16(22)10-13)28-12-19(26)24-9-8-17-15(11-24)20(27)25(23-17)14-4-2-1-3-5-14/h1-7,10,23H,8-9,11-12H2. The van der Waals surface area contributed by atoms with Gasteiger partial charge in [-0.2, -0.15) is 0 Å². The molecule has 3 aromatic rings. The van der Waals surface area contributed by atoms with E-state index in [2.05, 4.69) is 5.10 Å². The molecule has 1 aliphatic rings. The van der Waals surface area contributed by atoms with Gasteiger partial charge in [-0.15, -0.1) is 0 Å². The van der Waals surface area contributed by atoms with Gasteiger partial charge < -0.3 is 9.64 Å². The molecule has 8 heteroatoms. The zero-order valence-electron chi connectivity index (χ0n) is 14.8. The van der Waals surface area contributed by atoms with Crippen molar-refractivity contribution < 1.29 is 9.53 Å². The maximum Gasteiger partial charge on any atom is 0.276 e. The number of carbonyl (C=O) groups excluding carboxylic acids is 1. The second kappa shape index (κ2) is 7.73. The van der Waals surface area contributed by atoms with Gasteiger partial charge in [0, 0.05) is 23.7 Å². The highest BCUT2D eigenvalue weighted by Crippen LogP contribution is 2.27. The lowest BCUT2D eigenvalue weighted by Gasteiger charge is -2.26. The van der Waals surface area contributed by atoms with E-state index >= 15 is 0 Å². The summed E-state index contributed by atoms with van der Waals surface area (Å²) in [6.07, 6.45) is 0.581. The highest BCUT2D eigenvalue weighted by molar-refractivity contribution is 6.35. The van der Waals surface area contributed by atoms with E-state index in [0.29, 0.717) is 34.3 Å². The summed E-state index contributed by atoms with van der Waals surface area (Å²) in [5, 5.41) is 3.99. The molecular weight excluding hydrogens is 401 g/mol. The SMILES string of the molecule is O=C(COc1ccc(Cl)cc1Cl)N1CCc2[nH]n(-c3ccccc3)c(=O)c2C1. The molecule has 0 unspecified atom stereocenters. The van der Waals surface area contributed by atoms with Crippen molar-refractivity contribution in [2.75, 3.05) is 13.2 Å². The van der Waals surface area contributed by atoms with Gasteiger partial charge in [-0.1, -0.05) is 41.4 Å². The van der Waals surface area contributed by atoms with Crippen LogP contribution in [0.15, 0.2) is 53.3 Å². The van der Waals surface area contributed by atoms with E-state index < -0.39 is 0 Å². The number of aromatic amines is 1. The first-order valence-electron chi connectivity index (χ1n) is 8.77. The second-order valence-electron chi connectivity index (χ2n) is 6.47. The fourth-order valence-electron chi connectivity index (χ4n) is 3.20. The predicted molar refractivity (Wildman–Crippen MR) is 107 cm³/mol. The number of halogens is 2. The molecule has 0 spiro atoms. The van der Waals surface area contributed by atoms with Crippen molar-refractivity contribution in [2.45, 2.75) is 13.0 Å². The summed E-state index contributed by atoms with van der Waals surface area (Å²) in [5.74, 6) is 0.189. The lowest BCUT2D eigenvalue weighted by Crippen LogP contribution is -2.40. The number of hydrogen-bond acceptors (Lipinski definition) is 3. The van der Waals surface area contributed by atoms with Gasteiger partial charge in [-0.3, -0.25) is 14.7 Å². The number of nitrogens with zero attached hydrogens (tertiary/aromatic N) is 2. The van der Waals surface area contributed by atoms with Crippen LogP contribution in [0.4, 0.5) is 0 Å². The van der Waals surface area contributed by atoms with Gasteiger partial charge in [-0.25, -0.2) is 4.68 Å². The quantitative estimate of drug-likeness (QED) is 0.706. The Balaban J connectivity index is 1.47. The van der Waals surface area contributed by atoms with Crippen molar-refractivity contribution >= 4 is 29.1 Å². The van der Waals surface area contributed by atoms with Gasteiger partial charge in [0.1, 0.15) is 5.75 Å². The average Bonchev–Trinajstić information content (AvgIpc) is 3.04. The second-order valence-corrected chi connectivity index (χ2v) is 7.32. The Hall–Kier alpha value is -2.70. The van der Waals surface area contributed by atoms with Gasteiger partial charge >= 0.3 is 0 Å². The van der Waals surface area contributed by atoms with E-state index in [1.165, 1.54) is 4.68 Å². The molecule has 4 rings (SSSR count). The molecule has 0 saturated heterocycles. The maximum atomic E-state index is 12.8. The summed E-state index contributed by atoms with van der Waals surface area (Å²) in [4.78, 5) is 27.0. The Kier molecular flexibility index (Phi) is 5.15. The minimum Gasteiger partial charge on any atom is -0.482 e. The van der Waals surface area contributed by atoms with Crippen LogP contribution >= 0.6 is 23.2 Å². The van der Waals surface area contributed by atoms with Crippen LogP contribution in [0.2, 0.25) is 10.0 Å². The first-order chi connectivity index (χ1) is 13.5. The molecule has 0 fully saturated rings. The van der Waals surface area contributed by atoms with Crippen molar-refractivity contribution in [3.8, 4) is 11.4 Å². The molecule has 2 heterocycles. The third-order valence-corrected chi connectivity index (χ3v) is 5.20. The monoisotopic (exact) mass is 417 g/mol. The minimum absolute atomic E-state index is 0.139. The van der Waals surface area contributed by atoms with Crippen molar-refractivity contribution in [3.05, 3.63) is 80.2 Å². The van der Waals surface area contributed by atoms with Gasteiger partial charge in [0.15, 0.2) is 6.61 Å². The molecule has 0 aliphatic carbocycles. The summed E-state index contributed by atoms with van der Waals surface area (Å²) in [6, 6.07) is 14.2. The number of fused-ring (bicyclic) bond motifs is 1. The number of rotatable bonds is 4. The summed E-state index contributed by atoms with van der Waals surface area (Å²) >= 11 is 11.9. The number of amides is 1. The number of aromatic nitrogens is 2. The summed E-state index contributed by atoms with van der Waals surface area (Å²) in [5.41, 5.74) is 2.09. The van der Waals surface area contributed by atoms with E-state index in [4.69, 9.17) is 27.9 Å². The van der Waals surface area contributed by atoms with Crippen LogP contribution in [0.25, 0.3) is 5.69 Å². The Morgan fingerprint density at radius 3 is 2.68 bits per heavy atom. The topological polar surface area (TPSA) is 67.3 Å². The molecular formula is C20H17Cl2N3O3. The molecule has 0 bridgehead atoms. The third-order valence-electron chi connectivity index (χ3n) is 4.67. The molecule has 28 heavy (non-hydrogen) atoms. The summed E-state index contributed by atoms with van der Waals surface area (Å²) < 4.78 is 7.04. The largest absolute Gasteiger partial charge is 0.482 e. The predicted octanol–water partition coefficient (Wildman–Crippen LogP) is 3.44. The lowest BCUT2D eigenvalue weighted by atomic mass is 10.1. The van der Waals surface area contributed by atoms with Crippen molar-refractivity contribution in [1.82, 2.24) is 14.7 Å². The molecule has 0 atom stereocenters. The van der Waals surface area contributed by atoms with Crippen LogP contribution in [0.3, 0.4) is 0 Å². The van der Waals surface area contributed by atoms with Crippen LogP contribution in [0, 0.1) is 0 Å². The van der Waals surface area contributed by atoms with E-state index in [-0.39, 0.29) is 24.6 Å². The molecule has 1 aromatic heterocycles. The average molecular weight is 418 g/mol. The molecule has 1 aliphatic heterocycles. The van der Waals surface area contributed by atoms with Crippen molar-refractivity contribution in [2.24, 2.45) is 0 Å². The minimum atomic E-state index is -0.205.